The molecule has 0 saturated heterocycles. The maximum atomic E-state index is 12.2. The van der Waals surface area contributed by atoms with Crippen molar-refractivity contribution in [3.8, 4) is 0 Å². The van der Waals surface area contributed by atoms with E-state index in [1.54, 1.807) is 0 Å². The Bertz CT molecular complexity index is 665. The second kappa shape index (κ2) is 9.18. The molecular formula is C28H46O3. The average Bonchev–Trinajstić information content (AvgIpc) is 3.34. The van der Waals surface area contributed by atoms with Crippen molar-refractivity contribution in [2.24, 2.45) is 46.3 Å². The van der Waals surface area contributed by atoms with Gasteiger partial charge in [-0.25, -0.2) is 0 Å². The maximum absolute atomic E-state index is 12.2. The Labute approximate surface area is 190 Å². The van der Waals surface area contributed by atoms with Crippen LogP contribution in [-0.2, 0) is 9.59 Å². The first kappa shape index (κ1) is 23.3. The minimum absolute atomic E-state index is 0.338. The molecule has 5 rings (SSSR count). The topological polar surface area (TPSA) is 54.4 Å². The van der Waals surface area contributed by atoms with Crippen molar-refractivity contribution < 1.29 is 14.7 Å². The van der Waals surface area contributed by atoms with Crippen LogP contribution in [0.3, 0.4) is 0 Å². The molecule has 0 heterocycles. The number of carboxylic acids is 1. The predicted molar refractivity (Wildman–Crippen MR) is 125 cm³/mol. The lowest BCUT2D eigenvalue weighted by Gasteiger charge is -2.60. The number of carboxylic acid groups (broad SMARTS) is 1. The van der Waals surface area contributed by atoms with Crippen LogP contribution in [0.15, 0.2) is 0 Å². The number of hydrogen-bond donors (Lipinski definition) is 1. The van der Waals surface area contributed by atoms with Gasteiger partial charge in [-0.05, 0) is 112 Å². The zero-order valence-electron chi connectivity index (χ0n) is 20.3. The van der Waals surface area contributed by atoms with Crippen molar-refractivity contribution in [2.75, 3.05) is 0 Å². The largest absolute Gasteiger partial charge is 0.481 e. The van der Waals surface area contributed by atoms with E-state index in [4.69, 9.17) is 5.11 Å². The van der Waals surface area contributed by atoms with E-state index in [9.17, 15) is 9.59 Å². The second-order valence-electron chi connectivity index (χ2n) is 12.4. The van der Waals surface area contributed by atoms with Gasteiger partial charge in [0.25, 0.3) is 0 Å². The lowest BCUT2D eigenvalue weighted by molar-refractivity contribution is -0.138. The van der Waals surface area contributed by atoms with Crippen molar-refractivity contribution in [1.29, 1.82) is 0 Å². The molecule has 7 atom stereocenters. The number of Topliss-reactive ketones (excluding diaryl/α,β-unsaturated/α-hetero) is 1. The molecule has 0 aliphatic heterocycles. The summed E-state index contributed by atoms with van der Waals surface area (Å²) in [5.74, 6) is 4.45. The minimum Gasteiger partial charge on any atom is -0.481 e. The molecule has 5 aliphatic carbocycles. The average molecular weight is 431 g/mol. The number of carbonyl (C=O) groups is 2. The molecule has 0 bridgehead atoms. The highest BCUT2D eigenvalue weighted by atomic mass is 16.4. The molecule has 3 heteroatoms. The van der Waals surface area contributed by atoms with Gasteiger partial charge in [0.15, 0.2) is 0 Å². The van der Waals surface area contributed by atoms with Crippen LogP contribution in [0.2, 0.25) is 0 Å². The summed E-state index contributed by atoms with van der Waals surface area (Å²) in [5.41, 5.74) is 0.974. The van der Waals surface area contributed by atoms with Crippen molar-refractivity contribution in [3.05, 3.63) is 0 Å². The summed E-state index contributed by atoms with van der Waals surface area (Å²) in [7, 11) is 0. The van der Waals surface area contributed by atoms with Gasteiger partial charge in [-0.1, -0.05) is 39.5 Å². The van der Waals surface area contributed by atoms with Gasteiger partial charge < -0.3 is 5.11 Å². The summed E-state index contributed by atoms with van der Waals surface area (Å²) in [5, 5.41) is 8.37. The maximum Gasteiger partial charge on any atom is 0.303 e. The van der Waals surface area contributed by atoms with Crippen LogP contribution in [0.1, 0.15) is 117 Å². The first-order valence-corrected chi connectivity index (χ1v) is 13.5. The molecule has 5 fully saturated rings. The molecule has 176 valence electrons. The molecule has 0 amide bonds. The van der Waals surface area contributed by atoms with Gasteiger partial charge in [-0.15, -0.1) is 0 Å². The van der Waals surface area contributed by atoms with E-state index in [2.05, 4.69) is 13.8 Å². The fraction of sp³-hybridized carbons (Fsp3) is 0.929. The Morgan fingerprint density at radius 1 is 0.774 bits per heavy atom. The zero-order chi connectivity index (χ0) is 22.2. The van der Waals surface area contributed by atoms with Gasteiger partial charge in [-0.2, -0.15) is 0 Å². The Morgan fingerprint density at radius 3 is 2.13 bits per heavy atom. The summed E-state index contributed by atoms with van der Waals surface area (Å²) in [4.78, 5) is 22.3. The lowest BCUT2D eigenvalue weighted by Crippen LogP contribution is -2.53. The molecule has 0 aromatic carbocycles. The number of rotatable bonds is 3. The molecule has 5 saturated carbocycles. The Kier molecular flexibility index (Phi) is 6.90. The third-order valence-corrected chi connectivity index (χ3v) is 11.0. The summed E-state index contributed by atoms with van der Waals surface area (Å²) >= 11 is 0. The monoisotopic (exact) mass is 430 g/mol. The van der Waals surface area contributed by atoms with Crippen LogP contribution in [-0.4, -0.2) is 16.9 Å². The molecule has 3 nitrogen and oxygen atoms in total. The van der Waals surface area contributed by atoms with E-state index in [1.165, 1.54) is 77.0 Å². The first-order chi connectivity index (χ1) is 14.8. The van der Waals surface area contributed by atoms with Crippen LogP contribution >= 0.6 is 0 Å². The highest BCUT2D eigenvalue weighted by Crippen LogP contribution is 2.67. The SMILES string of the molecule is CC(=O)[C@H]1CCC2[C@@H]3CCC4CCCC[C@]4(C)C3CC[C@@]21C.O=C(O)CC1CCCC1. The number of fused-ring (bicyclic) bond motifs is 5. The Hall–Kier alpha value is -0.860. The van der Waals surface area contributed by atoms with E-state index >= 15 is 0 Å². The van der Waals surface area contributed by atoms with Crippen molar-refractivity contribution in [1.82, 2.24) is 0 Å². The highest BCUT2D eigenvalue weighted by Gasteiger charge is 2.60. The number of aliphatic carboxylic acids is 1. The quantitative estimate of drug-likeness (QED) is 0.512. The Balaban J connectivity index is 0.000000217. The van der Waals surface area contributed by atoms with Gasteiger partial charge in [0.05, 0.1) is 0 Å². The third kappa shape index (κ3) is 4.36. The van der Waals surface area contributed by atoms with Gasteiger partial charge in [0.1, 0.15) is 5.78 Å². The third-order valence-electron chi connectivity index (χ3n) is 11.0. The van der Waals surface area contributed by atoms with E-state index in [0.717, 1.165) is 36.5 Å². The van der Waals surface area contributed by atoms with Crippen LogP contribution in [0.25, 0.3) is 0 Å². The smallest absolute Gasteiger partial charge is 0.303 e. The molecule has 0 aromatic rings. The fourth-order valence-corrected chi connectivity index (χ4v) is 9.42. The van der Waals surface area contributed by atoms with E-state index in [1.807, 2.05) is 6.92 Å². The number of carbonyl (C=O) groups excluding carboxylic acids is 1. The first-order valence-electron chi connectivity index (χ1n) is 13.5. The Morgan fingerprint density at radius 2 is 1.45 bits per heavy atom. The highest BCUT2D eigenvalue weighted by molar-refractivity contribution is 5.79. The standard InChI is InChI=1S/C21H34O.C7H12O2/c1-14(22)17-9-10-18-16-8-7-15-6-4-5-12-20(15,2)19(16)11-13-21(17,18)3;8-7(9)5-6-3-1-2-4-6/h15-19H,4-13H2,1-3H3;6H,1-5H2,(H,8,9)/t15?,16-,17+,18?,19?,20-,21+;/m0./s1. The van der Waals surface area contributed by atoms with Crippen molar-refractivity contribution in [2.45, 2.75) is 117 Å². The molecule has 3 unspecified atom stereocenters. The predicted octanol–water partition coefficient (Wildman–Crippen LogP) is 7.28. The zero-order valence-corrected chi connectivity index (χ0v) is 20.3. The molecule has 0 spiro atoms. The molecule has 0 radical (unpaired) electrons. The molecule has 5 aliphatic rings. The van der Waals surface area contributed by atoms with Crippen LogP contribution in [0, 0.1) is 46.3 Å². The number of hydrogen-bond acceptors (Lipinski definition) is 2. The molecule has 0 aromatic heterocycles. The molecular weight excluding hydrogens is 384 g/mol. The second-order valence-corrected chi connectivity index (χ2v) is 12.4. The van der Waals surface area contributed by atoms with E-state index in [0.29, 0.717) is 34.9 Å². The van der Waals surface area contributed by atoms with Gasteiger partial charge in [0.2, 0.25) is 0 Å². The van der Waals surface area contributed by atoms with Gasteiger partial charge >= 0.3 is 5.97 Å². The van der Waals surface area contributed by atoms with Crippen molar-refractivity contribution in [3.63, 3.8) is 0 Å². The normalized spacial score (nSPS) is 44.4. The van der Waals surface area contributed by atoms with Gasteiger partial charge in [0, 0.05) is 12.3 Å². The van der Waals surface area contributed by atoms with E-state index in [-0.39, 0.29) is 0 Å². The van der Waals surface area contributed by atoms with Crippen LogP contribution < -0.4 is 0 Å². The molecule has 31 heavy (non-hydrogen) atoms. The fourth-order valence-electron chi connectivity index (χ4n) is 9.42. The summed E-state index contributed by atoms with van der Waals surface area (Å²) in [6.45, 7) is 6.97. The molecule has 1 N–H and O–H groups in total. The number of ketones is 1. The van der Waals surface area contributed by atoms with Crippen LogP contribution in [0.4, 0.5) is 0 Å². The summed E-state index contributed by atoms with van der Waals surface area (Å²) in [6.07, 6.45) is 19.2. The van der Waals surface area contributed by atoms with Crippen molar-refractivity contribution >= 4 is 11.8 Å². The van der Waals surface area contributed by atoms with Crippen LogP contribution in [0.5, 0.6) is 0 Å². The minimum atomic E-state index is -0.637. The summed E-state index contributed by atoms with van der Waals surface area (Å²) < 4.78 is 0. The summed E-state index contributed by atoms with van der Waals surface area (Å²) in [6, 6.07) is 0. The van der Waals surface area contributed by atoms with E-state index < -0.39 is 5.97 Å². The lowest BCUT2D eigenvalue weighted by atomic mass is 9.45. The van der Waals surface area contributed by atoms with Gasteiger partial charge in [-0.3, -0.25) is 9.59 Å².